The lowest BCUT2D eigenvalue weighted by atomic mass is 10.2. The van der Waals surface area contributed by atoms with Crippen LogP contribution in [0.3, 0.4) is 0 Å². The average molecular weight is 349 g/mol. The van der Waals surface area contributed by atoms with Crippen LogP contribution < -0.4 is 4.90 Å². The molecule has 1 amide bonds. The van der Waals surface area contributed by atoms with Gasteiger partial charge in [0, 0.05) is 26.2 Å². The predicted octanol–water partition coefficient (Wildman–Crippen LogP) is 2.44. The SMILES string of the molecule is CSc1nc(C)nc(N2CCN(C(=O)OC(C)(C)C)CC2)c1C#N. The number of rotatable bonds is 2. The summed E-state index contributed by atoms with van der Waals surface area (Å²) in [5.74, 6) is 1.29. The van der Waals surface area contributed by atoms with E-state index in [2.05, 4.69) is 16.0 Å². The summed E-state index contributed by atoms with van der Waals surface area (Å²) < 4.78 is 5.41. The quantitative estimate of drug-likeness (QED) is 0.599. The summed E-state index contributed by atoms with van der Waals surface area (Å²) in [5, 5.41) is 10.2. The number of aryl methyl sites for hydroxylation is 1. The number of ether oxygens (including phenoxy) is 1. The van der Waals surface area contributed by atoms with E-state index in [1.807, 2.05) is 38.9 Å². The third-order valence-electron chi connectivity index (χ3n) is 3.50. The number of amides is 1. The molecule has 0 N–H and O–H groups in total. The first-order valence-electron chi connectivity index (χ1n) is 7.80. The number of piperazine rings is 1. The molecule has 2 heterocycles. The van der Waals surface area contributed by atoms with Crippen LogP contribution in [0.1, 0.15) is 32.2 Å². The minimum absolute atomic E-state index is 0.300. The molecule has 7 nitrogen and oxygen atoms in total. The highest BCUT2D eigenvalue weighted by molar-refractivity contribution is 7.98. The number of aromatic nitrogens is 2. The van der Waals surface area contributed by atoms with Crippen molar-refractivity contribution in [2.24, 2.45) is 0 Å². The molecule has 1 aliphatic rings. The summed E-state index contributed by atoms with van der Waals surface area (Å²) in [7, 11) is 0. The molecule has 1 aromatic heterocycles. The molecular weight excluding hydrogens is 326 g/mol. The Kier molecular flexibility index (Phi) is 5.54. The molecule has 1 aliphatic heterocycles. The molecule has 0 unspecified atom stereocenters. The summed E-state index contributed by atoms with van der Waals surface area (Å²) in [6.45, 7) is 9.68. The number of carbonyl (C=O) groups is 1. The second-order valence-corrected chi connectivity index (χ2v) is 7.34. The first-order valence-corrected chi connectivity index (χ1v) is 9.03. The minimum Gasteiger partial charge on any atom is -0.444 e. The van der Waals surface area contributed by atoms with Crippen LogP contribution in [-0.2, 0) is 4.74 Å². The Hall–Kier alpha value is -2.01. The zero-order chi connectivity index (χ0) is 17.9. The first-order chi connectivity index (χ1) is 11.2. The molecule has 8 heteroatoms. The van der Waals surface area contributed by atoms with Crippen LogP contribution in [0.2, 0.25) is 0 Å². The summed E-state index contributed by atoms with van der Waals surface area (Å²) in [6.07, 6.45) is 1.60. The van der Waals surface area contributed by atoms with Gasteiger partial charge in [-0.15, -0.1) is 11.8 Å². The maximum Gasteiger partial charge on any atom is 0.410 e. The standard InChI is InChI=1S/C16H23N5O2S/c1-11-18-13(12(10-17)14(19-11)24-5)20-6-8-21(9-7-20)15(22)23-16(2,3)4/h6-9H2,1-5H3. The number of nitrogens with zero attached hydrogens (tertiary/aromatic N) is 5. The molecule has 0 radical (unpaired) electrons. The van der Waals surface area contributed by atoms with Crippen LogP contribution in [-0.4, -0.2) is 59.0 Å². The first kappa shape index (κ1) is 18.3. The number of carbonyl (C=O) groups excluding carboxylic acids is 1. The van der Waals surface area contributed by atoms with Crippen molar-refractivity contribution >= 4 is 23.7 Å². The van der Waals surface area contributed by atoms with Gasteiger partial charge >= 0.3 is 6.09 Å². The smallest absolute Gasteiger partial charge is 0.410 e. The van der Waals surface area contributed by atoms with Gasteiger partial charge in [0.2, 0.25) is 0 Å². The van der Waals surface area contributed by atoms with E-state index in [1.54, 1.807) is 4.90 Å². The third kappa shape index (κ3) is 4.29. The van der Waals surface area contributed by atoms with Gasteiger partial charge in [-0.2, -0.15) is 5.26 Å². The molecule has 0 spiro atoms. The van der Waals surface area contributed by atoms with Gasteiger partial charge in [0.05, 0.1) is 0 Å². The van der Waals surface area contributed by atoms with Gasteiger partial charge in [-0.05, 0) is 34.0 Å². The fourth-order valence-electron chi connectivity index (χ4n) is 2.43. The lowest BCUT2D eigenvalue weighted by Gasteiger charge is -2.36. The Morgan fingerprint density at radius 2 is 1.88 bits per heavy atom. The van der Waals surface area contributed by atoms with Crippen LogP contribution in [0, 0.1) is 18.3 Å². The monoisotopic (exact) mass is 349 g/mol. The van der Waals surface area contributed by atoms with Gasteiger partial charge in [0.15, 0.2) is 5.82 Å². The molecular formula is C16H23N5O2S. The largest absolute Gasteiger partial charge is 0.444 e. The lowest BCUT2D eigenvalue weighted by Crippen LogP contribution is -2.50. The van der Waals surface area contributed by atoms with E-state index in [4.69, 9.17) is 4.74 Å². The number of thioether (sulfide) groups is 1. The van der Waals surface area contributed by atoms with Gasteiger partial charge in [-0.3, -0.25) is 0 Å². The zero-order valence-corrected chi connectivity index (χ0v) is 15.6. The van der Waals surface area contributed by atoms with Crippen molar-refractivity contribution in [2.75, 3.05) is 37.3 Å². The van der Waals surface area contributed by atoms with Crippen molar-refractivity contribution < 1.29 is 9.53 Å². The predicted molar refractivity (Wildman–Crippen MR) is 93.3 cm³/mol. The summed E-state index contributed by atoms with van der Waals surface area (Å²) in [6, 6.07) is 2.21. The third-order valence-corrected chi connectivity index (χ3v) is 4.19. The van der Waals surface area contributed by atoms with Crippen molar-refractivity contribution in [2.45, 2.75) is 38.3 Å². The average Bonchev–Trinajstić information content (AvgIpc) is 2.52. The van der Waals surface area contributed by atoms with Crippen LogP contribution in [0.4, 0.5) is 10.6 Å². The van der Waals surface area contributed by atoms with Gasteiger partial charge in [0.25, 0.3) is 0 Å². The lowest BCUT2D eigenvalue weighted by molar-refractivity contribution is 0.0240. The fraction of sp³-hybridized carbons (Fsp3) is 0.625. The van der Waals surface area contributed by atoms with Crippen LogP contribution >= 0.6 is 11.8 Å². The number of anilines is 1. The van der Waals surface area contributed by atoms with E-state index in [0.29, 0.717) is 48.4 Å². The maximum atomic E-state index is 12.1. The molecule has 0 bridgehead atoms. The topological polar surface area (TPSA) is 82.3 Å². The van der Waals surface area contributed by atoms with Crippen molar-refractivity contribution in [3.05, 3.63) is 11.4 Å². The van der Waals surface area contributed by atoms with Gasteiger partial charge in [-0.25, -0.2) is 14.8 Å². The summed E-state index contributed by atoms with van der Waals surface area (Å²) in [5.41, 5.74) is -0.00188. The Morgan fingerprint density at radius 1 is 1.25 bits per heavy atom. The summed E-state index contributed by atoms with van der Waals surface area (Å²) >= 11 is 1.44. The highest BCUT2D eigenvalue weighted by Crippen LogP contribution is 2.27. The van der Waals surface area contributed by atoms with E-state index in [0.717, 1.165) is 0 Å². The molecule has 130 valence electrons. The Labute approximate surface area is 147 Å². The Bertz CT molecular complexity index is 658. The van der Waals surface area contributed by atoms with Gasteiger partial charge < -0.3 is 14.5 Å². The van der Waals surface area contributed by atoms with Crippen molar-refractivity contribution in [3.63, 3.8) is 0 Å². The molecule has 0 aromatic carbocycles. The van der Waals surface area contributed by atoms with Crippen LogP contribution in [0.25, 0.3) is 0 Å². The van der Waals surface area contributed by atoms with Crippen LogP contribution in [0.15, 0.2) is 5.03 Å². The van der Waals surface area contributed by atoms with Crippen molar-refractivity contribution in [1.29, 1.82) is 5.26 Å². The number of hydrogen-bond acceptors (Lipinski definition) is 7. The molecule has 24 heavy (non-hydrogen) atoms. The van der Waals surface area contributed by atoms with Crippen LogP contribution in [0.5, 0.6) is 0 Å². The van der Waals surface area contributed by atoms with E-state index in [-0.39, 0.29) is 6.09 Å². The zero-order valence-electron chi connectivity index (χ0n) is 14.8. The molecule has 0 saturated carbocycles. The molecule has 1 saturated heterocycles. The number of hydrogen-bond donors (Lipinski definition) is 0. The maximum absolute atomic E-state index is 12.1. The molecule has 1 fully saturated rings. The Balaban J connectivity index is 2.12. The normalized spacial score (nSPS) is 15.2. The van der Waals surface area contributed by atoms with E-state index < -0.39 is 5.60 Å². The molecule has 1 aromatic rings. The van der Waals surface area contributed by atoms with Gasteiger partial charge in [0.1, 0.15) is 28.1 Å². The second kappa shape index (κ2) is 7.26. The van der Waals surface area contributed by atoms with Crippen molar-refractivity contribution in [3.8, 4) is 6.07 Å². The summed E-state index contributed by atoms with van der Waals surface area (Å²) in [4.78, 5) is 24.6. The van der Waals surface area contributed by atoms with Crippen molar-refractivity contribution in [1.82, 2.24) is 14.9 Å². The molecule has 0 atom stereocenters. The minimum atomic E-state index is -0.501. The highest BCUT2D eigenvalue weighted by atomic mass is 32.2. The second-order valence-electron chi connectivity index (χ2n) is 6.54. The molecule has 0 aliphatic carbocycles. The van der Waals surface area contributed by atoms with E-state index in [9.17, 15) is 10.1 Å². The highest BCUT2D eigenvalue weighted by Gasteiger charge is 2.28. The fourth-order valence-corrected chi connectivity index (χ4v) is 3.00. The van der Waals surface area contributed by atoms with E-state index >= 15 is 0 Å². The Morgan fingerprint density at radius 3 is 2.38 bits per heavy atom. The van der Waals surface area contributed by atoms with Gasteiger partial charge in [-0.1, -0.05) is 0 Å². The molecule has 2 rings (SSSR count). The van der Waals surface area contributed by atoms with E-state index in [1.165, 1.54) is 11.8 Å². The number of nitriles is 1.